The summed E-state index contributed by atoms with van der Waals surface area (Å²) in [5.41, 5.74) is -0.0258. The molecule has 0 atom stereocenters. The molecule has 5 heteroatoms. The van der Waals surface area contributed by atoms with Gasteiger partial charge >= 0.3 is 5.97 Å². The number of phenols is 1. The zero-order valence-corrected chi connectivity index (χ0v) is 9.54. The van der Waals surface area contributed by atoms with Gasteiger partial charge in [0.1, 0.15) is 17.4 Å². The zero-order valence-electron chi connectivity index (χ0n) is 7.95. The standard InChI is InChI=1S/C10H8BrNO3/c1-2-15-10(14)9-6(5-12)7(11)3-4-8(9)13/h3-4,13H,2H2,1H3. The van der Waals surface area contributed by atoms with E-state index in [1.165, 1.54) is 12.1 Å². The number of benzene rings is 1. The highest BCUT2D eigenvalue weighted by molar-refractivity contribution is 9.10. The minimum atomic E-state index is -0.701. The van der Waals surface area contributed by atoms with Gasteiger partial charge in [-0.05, 0) is 35.0 Å². The lowest BCUT2D eigenvalue weighted by Gasteiger charge is -2.07. The fraction of sp³-hybridized carbons (Fsp3) is 0.200. The van der Waals surface area contributed by atoms with Crippen LogP contribution in [0.3, 0.4) is 0 Å². The summed E-state index contributed by atoms with van der Waals surface area (Å²) in [6.45, 7) is 1.84. The summed E-state index contributed by atoms with van der Waals surface area (Å²) >= 11 is 3.12. The number of aromatic hydroxyl groups is 1. The average Bonchev–Trinajstić information content (AvgIpc) is 2.21. The van der Waals surface area contributed by atoms with E-state index in [1.54, 1.807) is 6.92 Å². The highest BCUT2D eigenvalue weighted by atomic mass is 79.9. The van der Waals surface area contributed by atoms with E-state index in [0.29, 0.717) is 4.47 Å². The molecule has 4 nitrogen and oxygen atoms in total. The van der Waals surface area contributed by atoms with Crippen LogP contribution in [-0.2, 0) is 4.74 Å². The second-order valence-electron chi connectivity index (χ2n) is 2.65. The Morgan fingerprint density at radius 3 is 2.87 bits per heavy atom. The Bertz CT molecular complexity index is 437. The van der Waals surface area contributed by atoms with Gasteiger partial charge in [0.05, 0.1) is 12.2 Å². The SMILES string of the molecule is CCOC(=O)c1c(O)ccc(Br)c1C#N. The Balaban J connectivity index is 3.33. The summed E-state index contributed by atoms with van der Waals surface area (Å²) in [6, 6.07) is 4.66. The third-order valence-corrected chi connectivity index (χ3v) is 2.38. The number of hydrogen-bond acceptors (Lipinski definition) is 4. The van der Waals surface area contributed by atoms with Crippen LogP contribution in [-0.4, -0.2) is 17.7 Å². The molecular weight excluding hydrogens is 262 g/mol. The number of nitrogens with zero attached hydrogens (tertiary/aromatic N) is 1. The van der Waals surface area contributed by atoms with Gasteiger partial charge in [0.2, 0.25) is 0 Å². The molecule has 15 heavy (non-hydrogen) atoms. The van der Waals surface area contributed by atoms with E-state index in [9.17, 15) is 9.90 Å². The van der Waals surface area contributed by atoms with Crippen LogP contribution >= 0.6 is 15.9 Å². The predicted octanol–water partition coefficient (Wildman–Crippen LogP) is 2.20. The Kier molecular flexibility index (Phi) is 3.69. The fourth-order valence-corrected chi connectivity index (χ4v) is 1.50. The molecule has 0 aliphatic rings. The van der Waals surface area contributed by atoms with Gasteiger partial charge in [0.15, 0.2) is 0 Å². The third-order valence-electron chi connectivity index (χ3n) is 1.72. The van der Waals surface area contributed by atoms with Crippen molar-refractivity contribution in [3.63, 3.8) is 0 Å². The minimum Gasteiger partial charge on any atom is -0.507 e. The number of hydrogen-bond donors (Lipinski definition) is 1. The lowest BCUT2D eigenvalue weighted by Crippen LogP contribution is -2.07. The number of carbonyl (C=O) groups is 1. The van der Waals surface area contributed by atoms with Gasteiger partial charge in [-0.2, -0.15) is 5.26 Å². The van der Waals surface area contributed by atoms with Crippen LogP contribution < -0.4 is 0 Å². The molecule has 0 unspecified atom stereocenters. The lowest BCUT2D eigenvalue weighted by atomic mass is 10.1. The van der Waals surface area contributed by atoms with Gasteiger partial charge in [0, 0.05) is 4.47 Å². The summed E-state index contributed by atoms with van der Waals surface area (Å²) in [6.07, 6.45) is 0. The molecule has 1 rings (SSSR count). The highest BCUT2D eigenvalue weighted by Crippen LogP contribution is 2.28. The number of rotatable bonds is 2. The lowest BCUT2D eigenvalue weighted by molar-refractivity contribution is 0.0522. The molecule has 0 radical (unpaired) electrons. The monoisotopic (exact) mass is 269 g/mol. The second-order valence-corrected chi connectivity index (χ2v) is 3.50. The first-order valence-corrected chi connectivity index (χ1v) is 4.99. The molecule has 0 fully saturated rings. The molecule has 0 aliphatic heterocycles. The Hall–Kier alpha value is -1.54. The van der Waals surface area contributed by atoms with Gasteiger partial charge in [-0.25, -0.2) is 4.79 Å². The van der Waals surface area contributed by atoms with Crippen LogP contribution in [0.1, 0.15) is 22.8 Å². The first-order chi connectivity index (χ1) is 7.11. The first kappa shape index (κ1) is 11.5. The summed E-state index contributed by atoms with van der Waals surface area (Å²) in [4.78, 5) is 11.4. The van der Waals surface area contributed by atoms with Gasteiger partial charge in [-0.3, -0.25) is 0 Å². The minimum absolute atomic E-state index is 0.0773. The normalized spacial score (nSPS) is 9.40. The summed E-state index contributed by atoms with van der Waals surface area (Å²) < 4.78 is 5.19. The Morgan fingerprint density at radius 1 is 1.67 bits per heavy atom. The molecule has 0 spiro atoms. The molecule has 0 saturated carbocycles. The quantitative estimate of drug-likeness (QED) is 0.836. The smallest absolute Gasteiger partial charge is 0.343 e. The van der Waals surface area contributed by atoms with Gasteiger partial charge < -0.3 is 9.84 Å². The molecule has 1 N–H and O–H groups in total. The summed E-state index contributed by atoms with van der Waals surface area (Å²) in [7, 11) is 0. The molecule has 1 aromatic carbocycles. The maximum Gasteiger partial charge on any atom is 0.343 e. The number of halogens is 1. The van der Waals surface area contributed by atoms with Crippen LogP contribution in [0.2, 0.25) is 0 Å². The van der Waals surface area contributed by atoms with E-state index in [0.717, 1.165) is 0 Å². The van der Waals surface area contributed by atoms with Crippen LogP contribution in [0.5, 0.6) is 5.75 Å². The van der Waals surface area contributed by atoms with E-state index in [1.807, 2.05) is 6.07 Å². The van der Waals surface area contributed by atoms with Crippen molar-refractivity contribution >= 4 is 21.9 Å². The van der Waals surface area contributed by atoms with Crippen molar-refractivity contribution in [3.8, 4) is 11.8 Å². The largest absolute Gasteiger partial charge is 0.507 e. The molecule has 0 heterocycles. The molecule has 0 aromatic heterocycles. The second kappa shape index (κ2) is 4.80. The van der Waals surface area contributed by atoms with Crippen molar-refractivity contribution < 1.29 is 14.6 Å². The van der Waals surface area contributed by atoms with Crippen LogP contribution in [0.15, 0.2) is 16.6 Å². The van der Waals surface area contributed by atoms with Gasteiger partial charge in [0.25, 0.3) is 0 Å². The molecule has 0 aliphatic carbocycles. The fourth-order valence-electron chi connectivity index (χ4n) is 1.09. The molecule has 78 valence electrons. The number of carbonyl (C=O) groups excluding carboxylic acids is 1. The maximum atomic E-state index is 11.4. The average molecular weight is 270 g/mol. The van der Waals surface area contributed by atoms with E-state index < -0.39 is 5.97 Å². The molecule has 0 amide bonds. The van der Waals surface area contributed by atoms with Crippen molar-refractivity contribution in [2.24, 2.45) is 0 Å². The number of nitriles is 1. The van der Waals surface area contributed by atoms with Crippen LogP contribution in [0.4, 0.5) is 0 Å². The Labute approximate surface area is 95.2 Å². The van der Waals surface area contributed by atoms with Gasteiger partial charge in [-0.1, -0.05) is 0 Å². The van der Waals surface area contributed by atoms with Crippen molar-refractivity contribution in [1.82, 2.24) is 0 Å². The zero-order chi connectivity index (χ0) is 11.4. The maximum absolute atomic E-state index is 11.4. The molecule has 1 aromatic rings. The number of phenolic OH excluding ortho intramolecular Hbond substituents is 1. The highest BCUT2D eigenvalue weighted by Gasteiger charge is 2.19. The number of ether oxygens (including phenoxy) is 1. The molecule has 0 saturated heterocycles. The van der Waals surface area contributed by atoms with E-state index in [4.69, 9.17) is 10.00 Å². The Morgan fingerprint density at radius 2 is 2.33 bits per heavy atom. The summed E-state index contributed by atoms with van der Waals surface area (Å²) in [5.74, 6) is -0.957. The van der Waals surface area contributed by atoms with Crippen molar-refractivity contribution in [1.29, 1.82) is 5.26 Å². The first-order valence-electron chi connectivity index (χ1n) is 4.20. The molecular formula is C10H8BrNO3. The van der Waals surface area contributed by atoms with E-state index >= 15 is 0 Å². The molecule has 0 bridgehead atoms. The van der Waals surface area contributed by atoms with E-state index in [-0.39, 0.29) is 23.5 Å². The van der Waals surface area contributed by atoms with Gasteiger partial charge in [-0.15, -0.1) is 0 Å². The third kappa shape index (κ3) is 2.28. The van der Waals surface area contributed by atoms with Crippen LogP contribution in [0, 0.1) is 11.3 Å². The van der Waals surface area contributed by atoms with Crippen molar-refractivity contribution in [2.45, 2.75) is 6.92 Å². The van der Waals surface area contributed by atoms with E-state index in [2.05, 4.69) is 15.9 Å². The van der Waals surface area contributed by atoms with Crippen LogP contribution in [0.25, 0.3) is 0 Å². The topological polar surface area (TPSA) is 70.3 Å². The van der Waals surface area contributed by atoms with Crippen molar-refractivity contribution in [3.05, 3.63) is 27.7 Å². The number of esters is 1. The predicted molar refractivity (Wildman–Crippen MR) is 56.5 cm³/mol. The van der Waals surface area contributed by atoms with Crippen molar-refractivity contribution in [2.75, 3.05) is 6.61 Å². The summed E-state index contributed by atoms with van der Waals surface area (Å²) in [5, 5.41) is 18.3.